The van der Waals surface area contributed by atoms with Gasteiger partial charge in [0.1, 0.15) is 18.1 Å². The predicted octanol–water partition coefficient (Wildman–Crippen LogP) is 5.43. The zero-order chi connectivity index (χ0) is 22.6. The number of nitrogens with zero attached hydrogens (tertiary/aromatic N) is 1. The SMILES string of the molecule is COCc1ccc(CN2CCC(C(=O)Nc3ccc(-c4cc5ccccc5[nH]4)cc3)CC2)o1. The van der Waals surface area contributed by atoms with Crippen molar-refractivity contribution in [1.29, 1.82) is 0 Å². The van der Waals surface area contributed by atoms with Gasteiger partial charge in [-0.05, 0) is 67.9 Å². The van der Waals surface area contributed by atoms with Crippen LogP contribution in [0.3, 0.4) is 0 Å². The monoisotopic (exact) mass is 443 g/mol. The molecule has 6 nitrogen and oxygen atoms in total. The first-order valence-electron chi connectivity index (χ1n) is 11.5. The number of hydrogen-bond acceptors (Lipinski definition) is 4. The molecule has 2 aromatic heterocycles. The Balaban J connectivity index is 1.13. The summed E-state index contributed by atoms with van der Waals surface area (Å²) >= 11 is 0. The number of ether oxygens (including phenoxy) is 1. The topological polar surface area (TPSA) is 70.5 Å². The number of carbonyl (C=O) groups excluding carboxylic acids is 1. The summed E-state index contributed by atoms with van der Waals surface area (Å²) in [5.74, 6) is 1.93. The van der Waals surface area contributed by atoms with Crippen LogP contribution in [-0.4, -0.2) is 36.0 Å². The van der Waals surface area contributed by atoms with Crippen molar-refractivity contribution in [2.45, 2.75) is 26.0 Å². The van der Waals surface area contributed by atoms with E-state index in [9.17, 15) is 4.79 Å². The summed E-state index contributed by atoms with van der Waals surface area (Å²) in [5.41, 5.74) is 4.14. The van der Waals surface area contributed by atoms with E-state index in [4.69, 9.17) is 9.15 Å². The second-order valence-corrected chi connectivity index (χ2v) is 8.69. The first kappa shape index (κ1) is 21.5. The highest BCUT2D eigenvalue weighted by atomic mass is 16.5. The summed E-state index contributed by atoms with van der Waals surface area (Å²) in [4.78, 5) is 18.6. The number of para-hydroxylation sites is 1. The Labute approximate surface area is 193 Å². The van der Waals surface area contributed by atoms with Gasteiger partial charge in [0, 0.05) is 35.3 Å². The predicted molar refractivity (Wildman–Crippen MR) is 130 cm³/mol. The van der Waals surface area contributed by atoms with Crippen LogP contribution in [0.1, 0.15) is 24.4 Å². The molecule has 5 rings (SSSR count). The van der Waals surface area contributed by atoms with E-state index in [1.165, 1.54) is 5.39 Å². The van der Waals surface area contributed by atoms with Gasteiger partial charge in [-0.2, -0.15) is 0 Å². The molecule has 1 saturated heterocycles. The van der Waals surface area contributed by atoms with E-state index in [1.807, 2.05) is 48.5 Å². The summed E-state index contributed by atoms with van der Waals surface area (Å²) in [6, 6.07) is 22.4. The van der Waals surface area contributed by atoms with Gasteiger partial charge in [-0.25, -0.2) is 0 Å². The number of amides is 1. The summed E-state index contributed by atoms with van der Waals surface area (Å²) < 4.78 is 10.9. The lowest BCUT2D eigenvalue weighted by atomic mass is 9.95. The van der Waals surface area contributed by atoms with Gasteiger partial charge in [-0.3, -0.25) is 9.69 Å². The van der Waals surface area contributed by atoms with E-state index in [-0.39, 0.29) is 11.8 Å². The minimum atomic E-state index is 0.0373. The lowest BCUT2D eigenvalue weighted by molar-refractivity contribution is -0.121. The fraction of sp³-hybridized carbons (Fsp3) is 0.296. The van der Waals surface area contributed by atoms with Crippen LogP contribution >= 0.6 is 0 Å². The number of aromatic nitrogens is 1. The molecule has 0 radical (unpaired) electrons. The minimum absolute atomic E-state index is 0.0373. The van der Waals surface area contributed by atoms with Gasteiger partial charge in [0.05, 0.1) is 6.54 Å². The van der Waals surface area contributed by atoms with Crippen LogP contribution in [-0.2, 0) is 22.7 Å². The van der Waals surface area contributed by atoms with Crippen LogP contribution in [0.15, 0.2) is 71.1 Å². The molecule has 4 aromatic rings. The number of rotatable bonds is 7. The highest BCUT2D eigenvalue weighted by Gasteiger charge is 2.25. The van der Waals surface area contributed by atoms with E-state index < -0.39 is 0 Å². The van der Waals surface area contributed by atoms with Crippen LogP contribution in [0.25, 0.3) is 22.2 Å². The number of carbonyl (C=O) groups is 1. The molecule has 3 heterocycles. The van der Waals surface area contributed by atoms with Gasteiger partial charge in [-0.1, -0.05) is 30.3 Å². The summed E-state index contributed by atoms with van der Waals surface area (Å²) in [7, 11) is 1.66. The largest absolute Gasteiger partial charge is 0.462 e. The number of likely N-dealkylation sites (tertiary alicyclic amines) is 1. The third kappa shape index (κ3) is 5.02. The average molecular weight is 444 g/mol. The van der Waals surface area contributed by atoms with Crippen molar-refractivity contribution in [3.05, 3.63) is 78.3 Å². The molecule has 6 heteroatoms. The third-order valence-corrected chi connectivity index (χ3v) is 6.34. The van der Waals surface area contributed by atoms with Crippen molar-refractivity contribution in [2.24, 2.45) is 5.92 Å². The number of benzene rings is 2. The number of piperidine rings is 1. The van der Waals surface area contributed by atoms with Crippen LogP contribution in [0.4, 0.5) is 5.69 Å². The Morgan fingerprint density at radius 2 is 1.82 bits per heavy atom. The molecule has 1 fully saturated rings. The summed E-state index contributed by atoms with van der Waals surface area (Å²) in [5, 5.41) is 4.29. The maximum Gasteiger partial charge on any atom is 0.227 e. The highest BCUT2D eigenvalue weighted by molar-refractivity contribution is 5.93. The first-order chi connectivity index (χ1) is 16.2. The average Bonchev–Trinajstić information content (AvgIpc) is 3.47. The summed E-state index contributed by atoms with van der Waals surface area (Å²) in [6.07, 6.45) is 1.70. The Hall–Kier alpha value is -3.35. The van der Waals surface area contributed by atoms with Crippen molar-refractivity contribution in [1.82, 2.24) is 9.88 Å². The smallest absolute Gasteiger partial charge is 0.227 e. The standard InChI is InChI=1S/C27H29N3O3/c1-32-18-24-11-10-23(33-24)17-30-14-12-20(13-15-30)27(31)28-22-8-6-19(7-9-22)26-16-21-4-2-3-5-25(21)29-26/h2-11,16,20,29H,12-15,17-18H2,1H3,(H,28,31). The molecule has 2 N–H and O–H groups in total. The number of H-pyrrole nitrogens is 1. The normalized spacial score (nSPS) is 15.2. The Morgan fingerprint density at radius 1 is 1.06 bits per heavy atom. The van der Waals surface area contributed by atoms with Crippen LogP contribution in [0.5, 0.6) is 0 Å². The second kappa shape index (κ2) is 9.65. The van der Waals surface area contributed by atoms with Crippen molar-refractivity contribution in [3.8, 4) is 11.3 Å². The number of hydrogen-bond donors (Lipinski definition) is 2. The highest BCUT2D eigenvalue weighted by Crippen LogP contribution is 2.26. The Bertz CT molecular complexity index is 1180. The molecule has 0 aliphatic carbocycles. The summed E-state index contributed by atoms with van der Waals surface area (Å²) in [6.45, 7) is 3.04. The number of furan rings is 1. The molecule has 1 aliphatic heterocycles. The van der Waals surface area contributed by atoms with Crippen LogP contribution < -0.4 is 5.32 Å². The Morgan fingerprint density at radius 3 is 2.58 bits per heavy atom. The molecule has 0 bridgehead atoms. The third-order valence-electron chi connectivity index (χ3n) is 6.34. The van der Waals surface area contributed by atoms with Crippen LogP contribution in [0, 0.1) is 5.92 Å². The second-order valence-electron chi connectivity index (χ2n) is 8.69. The lowest BCUT2D eigenvalue weighted by Crippen LogP contribution is -2.37. The number of nitrogens with one attached hydrogen (secondary N) is 2. The minimum Gasteiger partial charge on any atom is -0.462 e. The fourth-order valence-corrected chi connectivity index (χ4v) is 4.51. The van der Waals surface area contributed by atoms with E-state index in [0.717, 1.165) is 66.5 Å². The van der Waals surface area contributed by atoms with Crippen LogP contribution in [0.2, 0.25) is 0 Å². The molecule has 1 aliphatic rings. The first-order valence-corrected chi connectivity index (χ1v) is 11.5. The zero-order valence-corrected chi connectivity index (χ0v) is 18.8. The molecule has 170 valence electrons. The number of anilines is 1. The molecular formula is C27H29N3O3. The van der Waals surface area contributed by atoms with Gasteiger partial charge < -0.3 is 19.5 Å². The van der Waals surface area contributed by atoms with Gasteiger partial charge >= 0.3 is 0 Å². The molecule has 0 atom stereocenters. The zero-order valence-electron chi connectivity index (χ0n) is 18.8. The maximum atomic E-state index is 12.8. The molecule has 0 saturated carbocycles. The quantitative estimate of drug-likeness (QED) is 0.400. The molecule has 0 spiro atoms. The van der Waals surface area contributed by atoms with E-state index in [0.29, 0.717) is 6.61 Å². The van der Waals surface area contributed by atoms with Gasteiger partial charge in [0.15, 0.2) is 0 Å². The molecule has 2 aromatic carbocycles. The van der Waals surface area contributed by atoms with Crippen molar-refractivity contribution in [2.75, 3.05) is 25.5 Å². The Kier molecular flexibility index (Phi) is 6.28. The van der Waals surface area contributed by atoms with E-state index in [1.54, 1.807) is 7.11 Å². The van der Waals surface area contributed by atoms with Gasteiger partial charge in [0.2, 0.25) is 5.91 Å². The van der Waals surface area contributed by atoms with Gasteiger partial charge in [0.25, 0.3) is 0 Å². The molecular weight excluding hydrogens is 414 g/mol. The van der Waals surface area contributed by atoms with Crippen molar-refractivity contribution in [3.63, 3.8) is 0 Å². The van der Waals surface area contributed by atoms with Crippen molar-refractivity contribution >= 4 is 22.5 Å². The van der Waals surface area contributed by atoms with Crippen molar-refractivity contribution < 1.29 is 13.9 Å². The van der Waals surface area contributed by atoms with Gasteiger partial charge in [-0.15, -0.1) is 0 Å². The lowest BCUT2D eigenvalue weighted by Gasteiger charge is -2.30. The van der Waals surface area contributed by atoms with E-state index in [2.05, 4.69) is 33.4 Å². The fourth-order valence-electron chi connectivity index (χ4n) is 4.51. The number of methoxy groups -OCH3 is 1. The van der Waals surface area contributed by atoms with E-state index >= 15 is 0 Å². The maximum absolute atomic E-state index is 12.8. The molecule has 0 unspecified atom stereocenters. The molecule has 33 heavy (non-hydrogen) atoms. The molecule has 1 amide bonds. The number of fused-ring (bicyclic) bond motifs is 1. The number of aromatic amines is 1.